The zero-order valence-electron chi connectivity index (χ0n) is 12.9. The second-order valence-corrected chi connectivity index (χ2v) is 5.82. The fraction of sp³-hybridized carbons (Fsp3) is 0.667. The number of carbonyl (C=O) groups excluding carboxylic acids is 1. The summed E-state index contributed by atoms with van der Waals surface area (Å²) in [6.45, 7) is 6.35. The molecule has 1 saturated heterocycles. The molecule has 2 rings (SSSR count). The summed E-state index contributed by atoms with van der Waals surface area (Å²) in [5.41, 5.74) is 0.748. The molecular formula is C15H23N3O3. The summed E-state index contributed by atoms with van der Waals surface area (Å²) in [6.07, 6.45) is 2.54. The maximum absolute atomic E-state index is 12.6. The third-order valence-electron chi connectivity index (χ3n) is 4.24. The smallest absolute Gasteiger partial charge is 0.329 e. The average molecular weight is 293 g/mol. The van der Waals surface area contributed by atoms with Crippen LogP contribution in [0.5, 0.6) is 0 Å². The minimum atomic E-state index is -1.03. The van der Waals surface area contributed by atoms with Gasteiger partial charge in [-0.3, -0.25) is 9.48 Å². The van der Waals surface area contributed by atoms with Gasteiger partial charge in [0.2, 0.25) is 5.91 Å². The molecule has 1 unspecified atom stereocenters. The molecule has 116 valence electrons. The quantitative estimate of drug-likeness (QED) is 0.897. The van der Waals surface area contributed by atoms with Gasteiger partial charge in [-0.15, -0.1) is 0 Å². The molecule has 0 spiro atoms. The van der Waals surface area contributed by atoms with Gasteiger partial charge < -0.3 is 10.0 Å². The first-order chi connectivity index (χ1) is 9.90. The topological polar surface area (TPSA) is 75.4 Å². The van der Waals surface area contributed by atoms with Gasteiger partial charge in [0.05, 0.1) is 5.69 Å². The molecule has 0 aliphatic carbocycles. The van der Waals surface area contributed by atoms with Crippen LogP contribution in [0.3, 0.4) is 0 Å². The van der Waals surface area contributed by atoms with Crippen molar-refractivity contribution < 1.29 is 14.7 Å². The van der Waals surface area contributed by atoms with Crippen LogP contribution in [0.15, 0.2) is 6.07 Å². The predicted molar refractivity (Wildman–Crippen MR) is 77.9 cm³/mol. The Kier molecular flexibility index (Phi) is 4.34. The number of carboxylic acid groups (broad SMARTS) is 1. The number of aliphatic carboxylic acids is 1. The van der Waals surface area contributed by atoms with Crippen LogP contribution in [0.25, 0.3) is 0 Å². The molecule has 0 radical (unpaired) electrons. The monoisotopic (exact) mass is 293 g/mol. The summed E-state index contributed by atoms with van der Waals surface area (Å²) >= 11 is 0. The zero-order chi connectivity index (χ0) is 15.6. The number of aryl methyl sites for hydroxylation is 2. The highest BCUT2D eigenvalue weighted by molar-refractivity contribution is 5.87. The number of hydrogen-bond donors (Lipinski definition) is 1. The lowest BCUT2D eigenvalue weighted by molar-refractivity contribution is -0.157. The van der Waals surface area contributed by atoms with E-state index in [0.29, 0.717) is 19.4 Å². The molecule has 0 saturated carbocycles. The summed E-state index contributed by atoms with van der Waals surface area (Å²) < 4.78 is 1.65. The van der Waals surface area contributed by atoms with E-state index in [2.05, 4.69) is 5.10 Å². The Morgan fingerprint density at radius 3 is 2.67 bits per heavy atom. The van der Waals surface area contributed by atoms with Crippen molar-refractivity contribution in [3.05, 3.63) is 17.5 Å². The molecule has 1 atom stereocenters. The van der Waals surface area contributed by atoms with E-state index >= 15 is 0 Å². The van der Waals surface area contributed by atoms with E-state index in [9.17, 15) is 14.7 Å². The average Bonchev–Trinajstić information content (AvgIpc) is 2.95. The lowest BCUT2D eigenvalue weighted by Crippen LogP contribution is -2.53. The van der Waals surface area contributed by atoms with E-state index in [1.165, 1.54) is 0 Å². The Morgan fingerprint density at radius 1 is 1.43 bits per heavy atom. The third-order valence-corrected chi connectivity index (χ3v) is 4.24. The van der Waals surface area contributed by atoms with Crippen LogP contribution in [0, 0.1) is 13.8 Å². The normalized spacial score (nSPS) is 21.8. The Morgan fingerprint density at radius 2 is 2.14 bits per heavy atom. The lowest BCUT2D eigenvalue weighted by Gasteiger charge is -2.34. The van der Waals surface area contributed by atoms with Crippen molar-refractivity contribution in [1.29, 1.82) is 0 Å². The van der Waals surface area contributed by atoms with E-state index < -0.39 is 11.5 Å². The molecule has 21 heavy (non-hydrogen) atoms. The van der Waals surface area contributed by atoms with Crippen LogP contribution in [-0.2, 0) is 16.1 Å². The van der Waals surface area contributed by atoms with Crippen molar-refractivity contribution in [3.63, 3.8) is 0 Å². The lowest BCUT2D eigenvalue weighted by atomic mass is 9.90. The highest BCUT2D eigenvalue weighted by Crippen LogP contribution is 2.34. The largest absolute Gasteiger partial charge is 0.479 e. The van der Waals surface area contributed by atoms with Crippen LogP contribution in [0.1, 0.15) is 44.0 Å². The van der Waals surface area contributed by atoms with Crippen LogP contribution in [-0.4, -0.2) is 43.7 Å². The van der Waals surface area contributed by atoms with E-state index in [-0.39, 0.29) is 12.5 Å². The molecule has 1 aromatic heterocycles. The minimum absolute atomic E-state index is 0.110. The van der Waals surface area contributed by atoms with Crippen LogP contribution in [0.2, 0.25) is 0 Å². The van der Waals surface area contributed by atoms with Crippen molar-refractivity contribution >= 4 is 11.9 Å². The van der Waals surface area contributed by atoms with Gasteiger partial charge in [-0.2, -0.15) is 5.10 Å². The highest BCUT2D eigenvalue weighted by atomic mass is 16.4. The second-order valence-electron chi connectivity index (χ2n) is 5.82. The van der Waals surface area contributed by atoms with Gasteiger partial charge in [0.25, 0.3) is 0 Å². The Bertz CT molecular complexity index is 552. The maximum Gasteiger partial charge on any atom is 0.329 e. The second kappa shape index (κ2) is 5.87. The summed E-state index contributed by atoms with van der Waals surface area (Å²) in [6, 6.07) is 1.91. The Balaban J connectivity index is 2.21. The van der Waals surface area contributed by atoms with Gasteiger partial charge in [0.1, 0.15) is 12.1 Å². The van der Waals surface area contributed by atoms with E-state index in [0.717, 1.165) is 24.2 Å². The van der Waals surface area contributed by atoms with Crippen molar-refractivity contribution in [3.8, 4) is 0 Å². The number of nitrogens with zero attached hydrogens (tertiary/aromatic N) is 3. The minimum Gasteiger partial charge on any atom is -0.479 e. The molecule has 1 fully saturated rings. The van der Waals surface area contributed by atoms with Gasteiger partial charge in [-0.1, -0.05) is 13.3 Å². The molecular weight excluding hydrogens is 270 g/mol. The standard InChI is InChI=1S/C15H23N3O3/c1-4-6-15(14(20)21)7-5-8-17(15)13(19)10-18-12(3)9-11(2)16-18/h9H,4-8,10H2,1-3H3,(H,20,21). The van der Waals surface area contributed by atoms with Gasteiger partial charge in [0.15, 0.2) is 0 Å². The van der Waals surface area contributed by atoms with Crippen molar-refractivity contribution in [2.24, 2.45) is 0 Å². The summed E-state index contributed by atoms with van der Waals surface area (Å²) in [4.78, 5) is 25.9. The fourth-order valence-corrected chi connectivity index (χ4v) is 3.29. The zero-order valence-corrected chi connectivity index (χ0v) is 12.9. The molecule has 1 amide bonds. The van der Waals surface area contributed by atoms with E-state index in [4.69, 9.17) is 0 Å². The number of likely N-dealkylation sites (tertiary alicyclic amines) is 1. The number of carbonyl (C=O) groups is 2. The van der Waals surface area contributed by atoms with Gasteiger partial charge in [0, 0.05) is 12.2 Å². The van der Waals surface area contributed by atoms with Crippen LogP contribution < -0.4 is 0 Å². The first-order valence-corrected chi connectivity index (χ1v) is 7.45. The first kappa shape index (κ1) is 15.5. The Hall–Kier alpha value is -1.85. The predicted octanol–water partition coefficient (Wildman–Crippen LogP) is 1.75. The SMILES string of the molecule is CCCC1(C(=O)O)CCCN1C(=O)Cn1nc(C)cc1C. The number of rotatable bonds is 5. The first-order valence-electron chi connectivity index (χ1n) is 7.45. The third kappa shape index (κ3) is 2.80. The van der Waals surface area contributed by atoms with Crippen LogP contribution >= 0.6 is 0 Å². The van der Waals surface area contributed by atoms with Crippen molar-refractivity contribution in [1.82, 2.24) is 14.7 Å². The van der Waals surface area contributed by atoms with Gasteiger partial charge >= 0.3 is 5.97 Å². The molecule has 2 heterocycles. The molecule has 6 nitrogen and oxygen atoms in total. The number of hydrogen-bond acceptors (Lipinski definition) is 3. The van der Waals surface area contributed by atoms with E-state index in [1.807, 2.05) is 26.8 Å². The summed E-state index contributed by atoms with van der Waals surface area (Å²) in [7, 11) is 0. The molecule has 1 aromatic rings. The van der Waals surface area contributed by atoms with Gasteiger partial charge in [-0.25, -0.2) is 4.79 Å². The van der Waals surface area contributed by atoms with Gasteiger partial charge in [-0.05, 0) is 39.2 Å². The van der Waals surface area contributed by atoms with Crippen molar-refractivity contribution in [2.75, 3.05) is 6.54 Å². The van der Waals surface area contributed by atoms with Crippen LogP contribution in [0.4, 0.5) is 0 Å². The molecule has 1 aliphatic rings. The number of carboxylic acids is 1. The molecule has 0 aromatic carbocycles. The maximum atomic E-state index is 12.6. The molecule has 6 heteroatoms. The highest BCUT2D eigenvalue weighted by Gasteiger charge is 2.49. The number of aromatic nitrogens is 2. The summed E-state index contributed by atoms with van der Waals surface area (Å²) in [5, 5.41) is 13.9. The van der Waals surface area contributed by atoms with Crippen molar-refractivity contribution in [2.45, 2.75) is 58.5 Å². The molecule has 1 N–H and O–H groups in total. The number of amides is 1. The summed E-state index contributed by atoms with van der Waals surface area (Å²) in [5.74, 6) is -1.04. The molecule has 1 aliphatic heterocycles. The fourth-order valence-electron chi connectivity index (χ4n) is 3.29. The van der Waals surface area contributed by atoms with E-state index in [1.54, 1.807) is 9.58 Å². The Labute approximate surface area is 124 Å². The molecule has 0 bridgehead atoms.